The summed E-state index contributed by atoms with van der Waals surface area (Å²) in [5.74, 6) is -0.164. The van der Waals surface area contributed by atoms with Crippen molar-refractivity contribution in [1.29, 1.82) is 0 Å². The Morgan fingerprint density at radius 2 is 1.67 bits per heavy atom. The van der Waals surface area contributed by atoms with E-state index in [0.717, 1.165) is 22.5 Å². The molecule has 0 N–H and O–H groups in total. The molecule has 2 aromatic carbocycles. The van der Waals surface area contributed by atoms with Crippen LogP contribution in [-0.2, 0) is 11.3 Å². The van der Waals surface area contributed by atoms with Crippen LogP contribution in [0.15, 0.2) is 59.8 Å². The summed E-state index contributed by atoms with van der Waals surface area (Å²) in [6.07, 6.45) is 2.89. The third-order valence-electron chi connectivity index (χ3n) is 6.37. The van der Waals surface area contributed by atoms with E-state index in [9.17, 15) is 19.7 Å². The number of non-ortho nitro benzene ring substituents is 1. The molecule has 1 aliphatic rings. The minimum Gasteiger partial charge on any atom is -0.368 e. The quantitative estimate of drug-likeness (QED) is 0.313. The van der Waals surface area contributed by atoms with Crippen LogP contribution in [0.3, 0.4) is 0 Å². The van der Waals surface area contributed by atoms with Gasteiger partial charge in [0, 0.05) is 44.0 Å². The molecule has 0 bridgehead atoms. The SMILES string of the molecule is Cc1cc(C)cc(-n2ncc3c(=O)n(CC(=O)N4CCN(c5ccc([N+](=O)[O-])cc5)CC4)cnc32)c1. The van der Waals surface area contributed by atoms with Crippen LogP contribution in [0.1, 0.15) is 11.1 Å². The number of rotatable bonds is 5. The van der Waals surface area contributed by atoms with Crippen molar-refractivity contribution in [2.45, 2.75) is 20.4 Å². The number of aryl methyl sites for hydroxylation is 2. The number of amides is 1. The number of hydrogen-bond donors (Lipinski definition) is 0. The monoisotopic (exact) mass is 487 g/mol. The molecule has 11 heteroatoms. The predicted molar refractivity (Wildman–Crippen MR) is 134 cm³/mol. The lowest BCUT2D eigenvalue weighted by Gasteiger charge is -2.36. The minimum atomic E-state index is -0.428. The fourth-order valence-corrected chi connectivity index (χ4v) is 4.57. The first kappa shape index (κ1) is 23.2. The van der Waals surface area contributed by atoms with E-state index in [1.54, 1.807) is 21.7 Å². The van der Waals surface area contributed by atoms with Gasteiger partial charge in [0.25, 0.3) is 11.2 Å². The number of carbonyl (C=O) groups is 1. The molecule has 184 valence electrons. The molecule has 0 unspecified atom stereocenters. The lowest BCUT2D eigenvalue weighted by atomic mass is 10.1. The number of piperazine rings is 1. The van der Waals surface area contributed by atoms with Gasteiger partial charge < -0.3 is 9.80 Å². The van der Waals surface area contributed by atoms with Crippen LogP contribution in [0.25, 0.3) is 16.7 Å². The Morgan fingerprint density at radius 3 is 2.31 bits per heavy atom. The zero-order valence-corrected chi connectivity index (χ0v) is 20.0. The van der Waals surface area contributed by atoms with Crippen LogP contribution >= 0.6 is 0 Å². The van der Waals surface area contributed by atoms with Gasteiger partial charge in [0.05, 0.1) is 16.8 Å². The van der Waals surface area contributed by atoms with E-state index in [0.29, 0.717) is 37.2 Å². The van der Waals surface area contributed by atoms with Gasteiger partial charge in [-0.25, -0.2) is 9.67 Å². The fourth-order valence-electron chi connectivity index (χ4n) is 4.57. The highest BCUT2D eigenvalue weighted by atomic mass is 16.6. The third kappa shape index (κ3) is 4.42. The molecule has 5 rings (SSSR count). The Bertz CT molecular complexity index is 1500. The number of anilines is 1. The first-order valence-electron chi connectivity index (χ1n) is 11.6. The second kappa shape index (κ2) is 9.25. The van der Waals surface area contributed by atoms with E-state index >= 15 is 0 Å². The second-order valence-electron chi connectivity index (χ2n) is 8.96. The number of benzene rings is 2. The molecule has 0 saturated carbocycles. The minimum absolute atomic E-state index is 0.0446. The van der Waals surface area contributed by atoms with Crippen LogP contribution < -0.4 is 10.5 Å². The van der Waals surface area contributed by atoms with Gasteiger partial charge in [0.15, 0.2) is 5.65 Å². The van der Waals surface area contributed by atoms with Gasteiger partial charge in [0.2, 0.25) is 5.91 Å². The highest BCUT2D eigenvalue weighted by Crippen LogP contribution is 2.21. The second-order valence-corrected chi connectivity index (χ2v) is 8.96. The molecular weight excluding hydrogens is 462 g/mol. The zero-order chi connectivity index (χ0) is 25.4. The average Bonchev–Trinajstić information content (AvgIpc) is 3.30. The van der Waals surface area contributed by atoms with Gasteiger partial charge in [-0.2, -0.15) is 5.10 Å². The van der Waals surface area contributed by atoms with Crippen LogP contribution in [0.4, 0.5) is 11.4 Å². The Kier molecular flexibility index (Phi) is 5.96. The maximum atomic E-state index is 13.1. The van der Waals surface area contributed by atoms with Crippen molar-refractivity contribution in [1.82, 2.24) is 24.2 Å². The van der Waals surface area contributed by atoms with Crippen molar-refractivity contribution in [2.75, 3.05) is 31.1 Å². The van der Waals surface area contributed by atoms with Crippen LogP contribution in [-0.4, -0.2) is 61.2 Å². The standard InChI is InChI=1S/C25H25N7O4/c1-17-11-18(2)13-21(12-17)31-24-22(14-27-31)25(34)30(16-26-24)15-23(33)29-9-7-28(8-10-29)19-3-5-20(6-4-19)32(35)36/h3-6,11-14,16H,7-10,15H2,1-2H3. The van der Waals surface area contributed by atoms with Crippen molar-refractivity contribution in [3.63, 3.8) is 0 Å². The molecule has 0 radical (unpaired) electrons. The summed E-state index contributed by atoms with van der Waals surface area (Å²) in [6.45, 7) is 6.07. The van der Waals surface area contributed by atoms with Gasteiger partial charge in [0.1, 0.15) is 18.3 Å². The van der Waals surface area contributed by atoms with Gasteiger partial charge in [-0.1, -0.05) is 6.07 Å². The van der Waals surface area contributed by atoms with E-state index in [1.807, 2.05) is 26.0 Å². The molecule has 4 aromatic rings. The van der Waals surface area contributed by atoms with Crippen molar-refractivity contribution in [3.8, 4) is 5.69 Å². The highest BCUT2D eigenvalue weighted by Gasteiger charge is 2.23. The number of nitrogens with zero attached hydrogens (tertiary/aromatic N) is 7. The van der Waals surface area contributed by atoms with E-state index in [1.165, 1.54) is 29.2 Å². The largest absolute Gasteiger partial charge is 0.368 e. The van der Waals surface area contributed by atoms with Gasteiger partial charge in [-0.05, 0) is 49.2 Å². The number of carbonyl (C=O) groups excluding carboxylic acids is 1. The lowest BCUT2D eigenvalue weighted by Crippen LogP contribution is -2.50. The maximum absolute atomic E-state index is 13.1. The smallest absolute Gasteiger partial charge is 0.269 e. The molecular formula is C25H25N7O4. The van der Waals surface area contributed by atoms with Crippen LogP contribution in [0.2, 0.25) is 0 Å². The van der Waals surface area contributed by atoms with E-state index in [4.69, 9.17) is 0 Å². The maximum Gasteiger partial charge on any atom is 0.269 e. The summed E-state index contributed by atoms with van der Waals surface area (Å²) in [6, 6.07) is 12.4. The normalized spacial score (nSPS) is 13.8. The predicted octanol–water partition coefficient (Wildman–Crippen LogP) is 2.46. The van der Waals surface area contributed by atoms with Crippen molar-refractivity contribution in [3.05, 3.63) is 86.6 Å². The first-order chi connectivity index (χ1) is 17.3. The molecule has 0 atom stereocenters. The van der Waals surface area contributed by atoms with Crippen molar-refractivity contribution in [2.24, 2.45) is 0 Å². The molecule has 1 saturated heterocycles. The number of hydrogen-bond acceptors (Lipinski definition) is 7. The first-order valence-corrected chi connectivity index (χ1v) is 11.6. The average molecular weight is 488 g/mol. The van der Waals surface area contributed by atoms with E-state index in [2.05, 4.69) is 21.0 Å². The molecule has 1 aliphatic heterocycles. The van der Waals surface area contributed by atoms with Gasteiger partial charge in [-0.15, -0.1) is 0 Å². The fraction of sp³-hybridized carbons (Fsp3) is 0.280. The Balaban J connectivity index is 1.28. The highest BCUT2D eigenvalue weighted by molar-refractivity contribution is 5.78. The zero-order valence-electron chi connectivity index (χ0n) is 20.0. The summed E-state index contributed by atoms with van der Waals surface area (Å²) in [5, 5.41) is 15.6. The lowest BCUT2D eigenvalue weighted by molar-refractivity contribution is -0.384. The number of nitro groups is 1. The van der Waals surface area contributed by atoms with Crippen molar-refractivity contribution >= 4 is 28.3 Å². The third-order valence-corrected chi connectivity index (χ3v) is 6.37. The molecule has 3 heterocycles. The van der Waals surface area contributed by atoms with Gasteiger partial charge in [-0.3, -0.25) is 24.3 Å². The molecule has 11 nitrogen and oxygen atoms in total. The molecule has 1 amide bonds. The Hall–Kier alpha value is -4.54. The van der Waals surface area contributed by atoms with E-state index < -0.39 is 4.92 Å². The molecule has 0 spiro atoms. The summed E-state index contributed by atoms with van der Waals surface area (Å²) < 4.78 is 2.96. The molecule has 0 aliphatic carbocycles. The Morgan fingerprint density at radius 1 is 1.00 bits per heavy atom. The summed E-state index contributed by atoms with van der Waals surface area (Å²) >= 11 is 0. The summed E-state index contributed by atoms with van der Waals surface area (Å²) in [5.41, 5.74) is 4.05. The number of fused-ring (bicyclic) bond motifs is 1. The number of aromatic nitrogens is 4. The van der Waals surface area contributed by atoms with Crippen LogP contribution in [0, 0.1) is 24.0 Å². The van der Waals surface area contributed by atoms with Crippen LogP contribution in [0.5, 0.6) is 0 Å². The summed E-state index contributed by atoms with van der Waals surface area (Å²) in [4.78, 5) is 44.7. The summed E-state index contributed by atoms with van der Waals surface area (Å²) in [7, 11) is 0. The van der Waals surface area contributed by atoms with E-state index in [-0.39, 0.29) is 23.7 Å². The number of nitro benzene ring substituents is 1. The molecule has 36 heavy (non-hydrogen) atoms. The topological polar surface area (TPSA) is 119 Å². The molecule has 2 aromatic heterocycles. The van der Waals surface area contributed by atoms with Gasteiger partial charge >= 0.3 is 0 Å². The Labute approximate surface area is 206 Å². The van der Waals surface area contributed by atoms with Crippen molar-refractivity contribution < 1.29 is 9.72 Å². The molecule has 1 fully saturated rings.